The fourth-order valence-electron chi connectivity index (χ4n) is 7.26. The zero-order valence-corrected chi connectivity index (χ0v) is 36.9. The van der Waals surface area contributed by atoms with Gasteiger partial charge in [0.1, 0.15) is 0 Å². The van der Waals surface area contributed by atoms with Crippen LogP contribution in [-0.2, 0) is 4.79 Å². The van der Waals surface area contributed by atoms with E-state index in [2.05, 4.69) is 55.6 Å². The Hall–Kier alpha value is -1.65. The average Bonchev–Trinajstić information content (AvgIpc) is 3.19. The van der Waals surface area contributed by atoms with Crippen molar-refractivity contribution in [3.8, 4) is 0 Å². The first-order valence-corrected chi connectivity index (χ1v) is 24.4. The van der Waals surface area contributed by atoms with Gasteiger partial charge in [-0.25, -0.2) is 0 Å². The molecule has 0 saturated carbocycles. The van der Waals surface area contributed by atoms with E-state index in [4.69, 9.17) is 0 Å². The maximum absolute atomic E-state index is 12.4. The van der Waals surface area contributed by atoms with Gasteiger partial charge in [0, 0.05) is 6.42 Å². The molecule has 0 aromatic carbocycles. The molecule has 0 aromatic rings. The van der Waals surface area contributed by atoms with Crippen molar-refractivity contribution >= 4 is 5.91 Å². The van der Waals surface area contributed by atoms with E-state index in [1.807, 2.05) is 6.08 Å². The minimum Gasteiger partial charge on any atom is -0.394 e. The molecule has 0 aliphatic carbocycles. The predicted molar refractivity (Wildman–Crippen MR) is 244 cm³/mol. The highest BCUT2D eigenvalue weighted by molar-refractivity contribution is 5.76. The number of aliphatic hydroxyl groups is 2. The molecule has 4 heteroatoms. The lowest BCUT2D eigenvalue weighted by Gasteiger charge is -2.19. The number of carbonyl (C=O) groups is 1. The van der Waals surface area contributed by atoms with Gasteiger partial charge in [0.25, 0.3) is 0 Å². The standard InChI is InChI=1S/C51H95NO3/c1-3-5-7-9-11-13-15-17-19-21-23-25-27-28-30-32-34-36-38-40-42-44-46-50(54)49(48-53)52-51(55)47-45-43-41-39-37-35-33-31-29-26-24-22-20-18-16-14-12-10-8-6-4-2/h26,28-30,36,38,44,46,49-50,53-54H,3-25,27,31-35,37,39-43,45,47-48H2,1-2H3,(H,52,55)/b29-26-,30-28+,38-36+,46-44+. The summed E-state index contributed by atoms with van der Waals surface area (Å²) in [4.78, 5) is 12.4. The molecule has 0 fully saturated rings. The van der Waals surface area contributed by atoms with E-state index < -0.39 is 12.1 Å². The molecule has 4 nitrogen and oxygen atoms in total. The van der Waals surface area contributed by atoms with Crippen LogP contribution in [0, 0.1) is 0 Å². The van der Waals surface area contributed by atoms with Crippen molar-refractivity contribution in [3.05, 3.63) is 48.6 Å². The summed E-state index contributed by atoms with van der Waals surface area (Å²) >= 11 is 0. The Bertz CT molecular complexity index is 877. The molecule has 2 unspecified atom stereocenters. The maximum Gasteiger partial charge on any atom is 0.220 e. The number of carbonyl (C=O) groups excluding carboxylic acids is 1. The van der Waals surface area contributed by atoms with Gasteiger partial charge < -0.3 is 15.5 Å². The van der Waals surface area contributed by atoms with E-state index in [1.165, 1.54) is 193 Å². The number of allylic oxidation sites excluding steroid dienone is 7. The second-order valence-corrected chi connectivity index (χ2v) is 16.5. The summed E-state index contributed by atoms with van der Waals surface area (Å²) in [6.07, 6.45) is 63.8. The van der Waals surface area contributed by atoms with Crippen LogP contribution in [0.25, 0.3) is 0 Å². The van der Waals surface area contributed by atoms with Crippen LogP contribution in [0.5, 0.6) is 0 Å². The second-order valence-electron chi connectivity index (χ2n) is 16.5. The third-order valence-electron chi connectivity index (χ3n) is 11.0. The monoisotopic (exact) mass is 770 g/mol. The molecule has 0 radical (unpaired) electrons. The van der Waals surface area contributed by atoms with Crippen molar-refractivity contribution in [2.45, 2.75) is 264 Å². The van der Waals surface area contributed by atoms with E-state index in [0.29, 0.717) is 6.42 Å². The van der Waals surface area contributed by atoms with E-state index in [0.717, 1.165) is 38.5 Å². The molecule has 0 heterocycles. The number of rotatable bonds is 44. The Balaban J connectivity index is 3.62. The number of aliphatic hydroxyl groups excluding tert-OH is 2. The third-order valence-corrected chi connectivity index (χ3v) is 11.0. The molecule has 1 amide bonds. The van der Waals surface area contributed by atoms with Crippen LogP contribution >= 0.6 is 0 Å². The lowest BCUT2D eigenvalue weighted by Crippen LogP contribution is -2.45. The summed E-state index contributed by atoms with van der Waals surface area (Å²) in [6, 6.07) is -0.648. The van der Waals surface area contributed by atoms with E-state index in [-0.39, 0.29) is 12.5 Å². The molecule has 0 rings (SSSR count). The molecule has 2 atom stereocenters. The first-order chi connectivity index (χ1) is 27.2. The van der Waals surface area contributed by atoms with Crippen molar-refractivity contribution in [1.29, 1.82) is 0 Å². The van der Waals surface area contributed by atoms with Crippen LogP contribution in [0.1, 0.15) is 251 Å². The normalized spacial score (nSPS) is 13.3. The lowest BCUT2D eigenvalue weighted by atomic mass is 10.0. The number of hydrogen-bond donors (Lipinski definition) is 3. The van der Waals surface area contributed by atoms with Gasteiger partial charge in [-0.3, -0.25) is 4.79 Å². The minimum atomic E-state index is -0.872. The van der Waals surface area contributed by atoms with Gasteiger partial charge >= 0.3 is 0 Å². The molecule has 0 bridgehead atoms. The maximum atomic E-state index is 12.4. The largest absolute Gasteiger partial charge is 0.394 e. The van der Waals surface area contributed by atoms with E-state index >= 15 is 0 Å². The molecule has 0 saturated heterocycles. The van der Waals surface area contributed by atoms with Crippen molar-refractivity contribution < 1.29 is 15.0 Å². The summed E-state index contributed by atoms with van der Waals surface area (Å²) in [6.45, 7) is 4.31. The SMILES string of the molecule is CCCCCCCCCCCC/C=C\CCCCCCCCCC(=O)NC(CO)C(O)/C=C/CC/C=C/CC/C=C/CCCCCCCCCCCCCC. The molecule has 0 aliphatic rings. The van der Waals surface area contributed by atoms with Crippen LogP contribution in [0.15, 0.2) is 48.6 Å². The first kappa shape index (κ1) is 53.4. The quantitative estimate of drug-likeness (QED) is 0.0427. The Morgan fingerprint density at radius 2 is 0.709 bits per heavy atom. The van der Waals surface area contributed by atoms with Gasteiger partial charge in [0.2, 0.25) is 5.91 Å². The van der Waals surface area contributed by atoms with Crippen LogP contribution in [0.2, 0.25) is 0 Å². The van der Waals surface area contributed by atoms with Crippen LogP contribution < -0.4 is 5.32 Å². The van der Waals surface area contributed by atoms with Crippen molar-refractivity contribution in [2.75, 3.05) is 6.61 Å². The van der Waals surface area contributed by atoms with Crippen LogP contribution in [-0.4, -0.2) is 34.9 Å². The summed E-state index contributed by atoms with van der Waals surface area (Å²) < 4.78 is 0. The number of hydrogen-bond acceptors (Lipinski definition) is 3. The molecule has 322 valence electrons. The lowest BCUT2D eigenvalue weighted by molar-refractivity contribution is -0.123. The van der Waals surface area contributed by atoms with Gasteiger partial charge in [-0.1, -0.05) is 223 Å². The third kappa shape index (κ3) is 43.3. The summed E-state index contributed by atoms with van der Waals surface area (Å²) in [5.74, 6) is -0.0813. The Labute approximate surface area is 344 Å². The molecule has 55 heavy (non-hydrogen) atoms. The highest BCUT2D eigenvalue weighted by Crippen LogP contribution is 2.15. The zero-order chi connectivity index (χ0) is 40.0. The van der Waals surface area contributed by atoms with Crippen LogP contribution in [0.3, 0.4) is 0 Å². The van der Waals surface area contributed by atoms with E-state index in [1.54, 1.807) is 6.08 Å². The van der Waals surface area contributed by atoms with Gasteiger partial charge in [0.15, 0.2) is 0 Å². The molecular weight excluding hydrogens is 675 g/mol. The predicted octanol–water partition coefficient (Wildman–Crippen LogP) is 15.5. The first-order valence-electron chi connectivity index (χ1n) is 24.4. The Kier molecular flexibility index (Phi) is 45.3. The van der Waals surface area contributed by atoms with Gasteiger partial charge in [-0.15, -0.1) is 0 Å². The average molecular weight is 770 g/mol. The van der Waals surface area contributed by atoms with Crippen molar-refractivity contribution in [3.63, 3.8) is 0 Å². The van der Waals surface area contributed by atoms with E-state index in [9.17, 15) is 15.0 Å². The highest BCUT2D eigenvalue weighted by atomic mass is 16.3. The fourth-order valence-corrected chi connectivity index (χ4v) is 7.26. The Morgan fingerprint density at radius 1 is 0.418 bits per heavy atom. The molecule has 0 spiro atoms. The molecule has 0 aromatic heterocycles. The molecular formula is C51H95NO3. The topological polar surface area (TPSA) is 69.6 Å². The Morgan fingerprint density at radius 3 is 1.05 bits per heavy atom. The second kappa shape index (κ2) is 46.7. The fraction of sp³-hybridized carbons (Fsp3) is 0.824. The highest BCUT2D eigenvalue weighted by Gasteiger charge is 2.17. The van der Waals surface area contributed by atoms with Crippen molar-refractivity contribution in [1.82, 2.24) is 5.32 Å². The molecule has 3 N–H and O–H groups in total. The number of unbranched alkanes of at least 4 members (excludes halogenated alkanes) is 31. The number of amides is 1. The number of nitrogens with one attached hydrogen (secondary N) is 1. The van der Waals surface area contributed by atoms with Gasteiger partial charge in [-0.05, 0) is 70.6 Å². The smallest absolute Gasteiger partial charge is 0.220 e. The summed E-state index contributed by atoms with van der Waals surface area (Å²) in [5, 5.41) is 23.0. The zero-order valence-electron chi connectivity index (χ0n) is 36.9. The van der Waals surface area contributed by atoms with Gasteiger partial charge in [-0.2, -0.15) is 0 Å². The summed E-state index contributed by atoms with van der Waals surface area (Å²) in [7, 11) is 0. The van der Waals surface area contributed by atoms with Crippen LogP contribution in [0.4, 0.5) is 0 Å². The van der Waals surface area contributed by atoms with Crippen molar-refractivity contribution in [2.24, 2.45) is 0 Å². The minimum absolute atomic E-state index is 0.0813. The summed E-state index contributed by atoms with van der Waals surface area (Å²) in [5.41, 5.74) is 0. The van der Waals surface area contributed by atoms with Gasteiger partial charge in [0.05, 0.1) is 18.8 Å². The molecule has 0 aliphatic heterocycles.